The summed E-state index contributed by atoms with van der Waals surface area (Å²) >= 11 is 0. The Morgan fingerprint density at radius 2 is 1.75 bits per heavy atom. The van der Waals surface area contributed by atoms with Gasteiger partial charge in [-0.15, -0.1) is 0 Å². The highest BCUT2D eigenvalue weighted by Gasteiger charge is 2.30. The van der Waals surface area contributed by atoms with Crippen molar-refractivity contribution in [2.75, 3.05) is 44.6 Å². The number of alkyl halides is 3. The monoisotopic (exact) mass is 510 g/mol. The number of piperidine rings is 1. The molecule has 0 aliphatic carbocycles. The molecule has 36 heavy (non-hydrogen) atoms. The van der Waals surface area contributed by atoms with Gasteiger partial charge < -0.3 is 35.8 Å². The minimum Gasteiger partial charge on any atom is -0.508 e. The molecule has 1 aliphatic heterocycles. The molecule has 5 N–H and O–H groups in total. The summed E-state index contributed by atoms with van der Waals surface area (Å²) in [4.78, 5) is 13.3. The van der Waals surface area contributed by atoms with E-state index < -0.39 is 24.9 Å². The fourth-order valence-electron chi connectivity index (χ4n) is 3.81. The van der Waals surface area contributed by atoms with Crippen LogP contribution >= 0.6 is 0 Å². The summed E-state index contributed by atoms with van der Waals surface area (Å²) < 4.78 is 42.3. The number of aliphatic hydroxyl groups is 1. The number of halogens is 3. The molecule has 1 fully saturated rings. The largest absolute Gasteiger partial charge is 0.508 e. The number of aliphatic hydroxyl groups excluding tert-OH is 1. The number of likely N-dealkylation sites (tertiary alicyclic amines) is 1. The van der Waals surface area contributed by atoms with Crippen molar-refractivity contribution in [3.8, 4) is 11.5 Å². The molecule has 0 radical (unpaired) electrons. The van der Waals surface area contributed by atoms with E-state index in [2.05, 4.69) is 10.6 Å². The maximum absolute atomic E-state index is 12.3. The van der Waals surface area contributed by atoms with E-state index in [1.165, 1.54) is 17.0 Å². The molecule has 0 bridgehead atoms. The van der Waals surface area contributed by atoms with E-state index in [0.717, 1.165) is 17.7 Å². The van der Waals surface area contributed by atoms with Gasteiger partial charge in [-0.1, -0.05) is 12.1 Å². The SMILES string of the molecule is O=C(NCC(F)(F)F)N1CCC(Nc2ccc(CCNC[C@H](O)COc3ccc(O)cc3)cc2)CC1. The van der Waals surface area contributed by atoms with Gasteiger partial charge in [-0.2, -0.15) is 13.2 Å². The number of nitrogens with zero attached hydrogens (tertiary/aromatic N) is 1. The van der Waals surface area contributed by atoms with E-state index in [1.807, 2.05) is 29.6 Å². The van der Waals surface area contributed by atoms with Crippen molar-refractivity contribution in [3.05, 3.63) is 54.1 Å². The quantitative estimate of drug-likeness (QED) is 0.298. The van der Waals surface area contributed by atoms with Crippen LogP contribution in [0.1, 0.15) is 18.4 Å². The van der Waals surface area contributed by atoms with Gasteiger partial charge in [0.2, 0.25) is 0 Å². The number of urea groups is 1. The van der Waals surface area contributed by atoms with Gasteiger partial charge in [0.05, 0.1) is 0 Å². The third-order valence-corrected chi connectivity index (χ3v) is 5.80. The maximum atomic E-state index is 12.3. The van der Waals surface area contributed by atoms with Crippen molar-refractivity contribution in [2.24, 2.45) is 0 Å². The first-order valence-corrected chi connectivity index (χ1v) is 11.9. The maximum Gasteiger partial charge on any atom is 0.405 e. The Kier molecular flexibility index (Phi) is 10.1. The molecular weight excluding hydrogens is 477 g/mol. The lowest BCUT2D eigenvalue weighted by atomic mass is 10.0. The van der Waals surface area contributed by atoms with Crippen molar-refractivity contribution >= 4 is 11.7 Å². The Hall–Kier alpha value is -3.18. The molecule has 1 heterocycles. The summed E-state index contributed by atoms with van der Waals surface area (Å²) in [5.41, 5.74) is 2.09. The zero-order chi connectivity index (χ0) is 26.0. The number of carbonyl (C=O) groups excluding carboxylic acids is 1. The fourth-order valence-corrected chi connectivity index (χ4v) is 3.81. The second kappa shape index (κ2) is 13.2. The van der Waals surface area contributed by atoms with Crippen LogP contribution in [0.4, 0.5) is 23.7 Å². The Morgan fingerprint density at radius 1 is 1.08 bits per heavy atom. The van der Waals surface area contributed by atoms with Crippen LogP contribution in [0.3, 0.4) is 0 Å². The summed E-state index contributed by atoms with van der Waals surface area (Å²) in [6.07, 6.45) is -2.97. The number of carbonyl (C=O) groups is 1. The fraction of sp³-hybridized carbons (Fsp3) is 0.480. The lowest BCUT2D eigenvalue weighted by Gasteiger charge is -2.33. The van der Waals surface area contributed by atoms with E-state index in [-0.39, 0.29) is 18.4 Å². The van der Waals surface area contributed by atoms with Gasteiger partial charge in [-0.25, -0.2) is 4.79 Å². The smallest absolute Gasteiger partial charge is 0.405 e. The van der Waals surface area contributed by atoms with Crippen LogP contribution in [-0.4, -0.2) is 78.8 Å². The average molecular weight is 511 g/mol. The molecule has 0 spiro atoms. The topological polar surface area (TPSA) is 106 Å². The summed E-state index contributed by atoms with van der Waals surface area (Å²) in [5, 5.41) is 27.8. The number of benzene rings is 2. The number of hydrogen-bond donors (Lipinski definition) is 5. The highest BCUT2D eigenvalue weighted by molar-refractivity contribution is 5.74. The molecule has 198 valence electrons. The number of nitrogens with one attached hydrogen (secondary N) is 3. The Bertz CT molecular complexity index is 934. The minimum atomic E-state index is -4.41. The van der Waals surface area contributed by atoms with Crippen LogP contribution in [0.5, 0.6) is 11.5 Å². The van der Waals surface area contributed by atoms with E-state index >= 15 is 0 Å². The Labute approximate surface area is 208 Å². The van der Waals surface area contributed by atoms with E-state index in [1.54, 1.807) is 12.1 Å². The van der Waals surface area contributed by atoms with E-state index in [4.69, 9.17) is 4.74 Å². The van der Waals surface area contributed by atoms with Crippen molar-refractivity contribution in [1.82, 2.24) is 15.5 Å². The molecule has 2 aromatic rings. The lowest BCUT2D eigenvalue weighted by molar-refractivity contribution is -0.123. The van der Waals surface area contributed by atoms with Crippen molar-refractivity contribution in [1.29, 1.82) is 0 Å². The third-order valence-electron chi connectivity index (χ3n) is 5.80. The molecule has 2 amide bonds. The number of amides is 2. The first-order valence-electron chi connectivity index (χ1n) is 11.9. The highest BCUT2D eigenvalue weighted by atomic mass is 19.4. The summed E-state index contributed by atoms with van der Waals surface area (Å²) in [7, 11) is 0. The second-order valence-corrected chi connectivity index (χ2v) is 8.79. The van der Waals surface area contributed by atoms with Crippen LogP contribution in [0.25, 0.3) is 0 Å². The molecule has 0 saturated carbocycles. The molecular formula is C25H33F3N4O4. The summed E-state index contributed by atoms with van der Waals surface area (Å²) in [5.74, 6) is 0.739. The Morgan fingerprint density at radius 3 is 2.39 bits per heavy atom. The number of ether oxygens (including phenoxy) is 1. The molecule has 3 rings (SSSR count). The normalized spacial score (nSPS) is 15.4. The first-order chi connectivity index (χ1) is 17.2. The van der Waals surface area contributed by atoms with Crippen LogP contribution in [0, 0.1) is 0 Å². The average Bonchev–Trinajstić information content (AvgIpc) is 2.86. The van der Waals surface area contributed by atoms with Crippen LogP contribution in [0.2, 0.25) is 0 Å². The van der Waals surface area contributed by atoms with E-state index in [9.17, 15) is 28.2 Å². The number of aromatic hydroxyl groups is 1. The van der Waals surface area contributed by atoms with Crippen molar-refractivity contribution < 1.29 is 32.9 Å². The van der Waals surface area contributed by atoms with Gasteiger partial charge in [-0.05, 0) is 67.8 Å². The van der Waals surface area contributed by atoms with Crippen LogP contribution in [-0.2, 0) is 6.42 Å². The molecule has 2 aromatic carbocycles. The minimum absolute atomic E-state index is 0.148. The highest BCUT2D eigenvalue weighted by Crippen LogP contribution is 2.19. The number of anilines is 1. The molecule has 1 saturated heterocycles. The van der Waals surface area contributed by atoms with Gasteiger partial charge >= 0.3 is 12.2 Å². The van der Waals surface area contributed by atoms with Gasteiger partial charge in [0.25, 0.3) is 0 Å². The summed E-state index contributed by atoms with van der Waals surface area (Å²) in [6, 6.07) is 13.8. The van der Waals surface area contributed by atoms with Gasteiger partial charge in [0.15, 0.2) is 0 Å². The van der Waals surface area contributed by atoms with Gasteiger partial charge in [0, 0.05) is 31.4 Å². The van der Waals surface area contributed by atoms with Gasteiger partial charge in [0.1, 0.15) is 30.8 Å². The predicted octanol–water partition coefficient (Wildman–Crippen LogP) is 3.11. The molecule has 1 atom stereocenters. The number of hydrogen-bond acceptors (Lipinski definition) is 6. The lowest BCUT2D eigenvalue weighted by Crippen LogP contribution is -2.48. The molecule has 1 aliphatic rings. The number of phenolic OH excluding ortho intramolecular Hbond substituents is 1. The zero-order valence-corrected chi connectivity index (χ0v) is 19.9. The van der Waals surface area contributed by atoms with Crippen molar-refractivity contribution in [2.45, 2.75) is 37.6 Å². The molecule has 0 aromatic heterocycles. The molecule has 11 heteroatoms. The first kappa shape index (κ1) is 27.4. The van der Waals surface area contributed by atoms with Crippen LogP contribution in [0.15, 0.2) is 48.5 Å². The second-order valence-electron chi connectivity index (χ2n) is 8.79. The third kappa shape index (κ3) is 9.82. The molecule has 0 unspecified atom stereocenters. The Balaban J connectivity index is 1.28. The standard InChI is InChI=1S/C25H33F3N4O4/c26-25(27,28)17-30-24(35)32-13-10-20(11-14-32)31-19-3-1-18(2-4-19)9-12-29-15-22(34)16-36-23-7-5-21(33)6-8-23/h1-8,20,22,29,31,33-34H,9-17H2,(H,30,35)/t22-/m0/s1. The van der Waals surface area contributed by atoms with Crippen molar-refractivity contribution in [3.63, 3.8) is 0 Å². The zero-order valence-electron chi connectivity index (χ0n) is 19.9. The number of rotatable bonds is 11. The van der Waals surface area contributed by atoms with E-state index in [0.29, 0.717) is 44.8 Å². The van der Waals surface area contributed by atoms with Crippen LogP contribution < -0.4 is 20.7 Å². The molecule has 8 nitrogen and oxygen atoms in total. The van der Waals surface area contributed by atoms with Gasteiger partial charge in [-0.3, -0.25) is 0 Å². The predicted molar refractivity (Wildman–Crippen MR) is 130 cm³/mol. The number of phenols is 1. The summed E-state index contributed by atoms with van der Waals surface area (Å²) in [6.45, 7) is 0.716.